The first-order chi connectivity index (χ1) is 11.3. The van der Waals surface area contributed by atoms with Gasteiger partial charge in [-0.05, 0) is 68.3 Å². The average molecular weight is 393 g/mol. The molecule has 0 aliphatic rings. The molecule has 0 bridgehead atoms. The highest BCUT2D eigenvalue weighted by Crippen LogP contribution is 2.28. The number of carbonyl (C=O) groups excluding carboxylic acids is 1. The number of aryl methyl sites for hydroxylation is 2. The summed E-state index contributed by atoms with van der Waals surface area (Å²) in [4.78, 5) is 23.0. The molecule has 0 saturated heterocycles. The van der Waals surface area contributed by atoms with Crippen molar-refractivity contribution in [3.05, 3.63) is 57.6 Å². The first-order valence-electron chi connectivity index (χ1n) is 7.26. The quantitative estimate of drug-likeness (QED) is 0.611. The summed E-state index contributed by atoms with van der Waals surface area (Å²) < 4.78 is 11.9. The smallest absolute Gasteiger partial charge is 0.352 e. The lowest BCUT2D eigenvalue weighted by Gasteiger charge is -2.17. The second-order valence-corrected chi connectivity index (χ2v) is 6.30. The van der Waals surface area contributed by atoms with E-state index in [9.17, 15) is 9.59 Å². The normalized spacial score (nSPS) is 11.7. The summed E-state index contributed by atoms with van der Waals surface area (Å²) >= 11 is 3.41. The molecular weight excluding hydrogens is 376 g/mol. The summed E-state index contributed by atoms with van der Waals surface area (Å²) in [6.07, 6.45) is -0.803. The first kappa shape index (κ1) is 18.0. The van der Waals surface area contributed by atoms with E-state index < -0.39 is 18.0 Å². The summed E-state index contributed by atoms with van der Waals surface area (Å²) in [6, 6.07) is 9.43. The van der Waals surface area contributed by atoms with Crippen LogP contribution in [0.2, 0.25) is 0 Å². The Bertz CT molecular complexity index is 744. The van der Waals surface area contributed by atoms with E-state index in [0.29, 0.717) is 5.75 Å². The van der Waals surface area contributed by atoms with E-state index in [0.717, 1.165) is 15.6 Å². The molecule has 0 spiro atoms. The van der Waals surface area contributed by atoms with Gasteiger partial charge in [-0.25, -0.2) is 9.59 Å². The molecule has 1 unspecified atom stereocenters. The lowest BCUT2D eigenvalue weighted by atomic mass is 10.1. The monoisotopic (exact) mass is 392 g/mol. The zero-order chi connectivity index (χ0) is 17.9. The van der Waals surface area contributed by atoms with E-state index >= 15 is 0 Å². The Labute approximate surface area is 148 Å². The number of benzene rings is 2. The number of ether oxygens (including phenoxy) is 2. The summed E-state index contributed by atoms with van der Waals surface area (Å²) in [6.45, 7) is 5.40. The van der Waals surface area contributed by atoms with Crippen molar-refractivity contribution in [2.24, 2.45) is 0 Å². The van der Waals surface area contributed by atoms with Crippen molar-refractivity contribution >= 4 is 27.9 Å². The van der Waals surface area contributed by atoms with Crippen LogP contribution in [0.1, 0.15) is 28.4 Å². The molecule has 2 rings (SSSR count). The van der Waals surface area contributed by atoms with Crippen LogP contribution in [0, 0.1) is 13.8 Å². The molecule has 1 N–H and O–H groups in total. The zero-order valence-electron chi connectivity index (χ0n) is 13.5. The largest absolute Gasteiger partial charge is 0.478 e. The predicted octanol–water partition coefficient (Wildman–Crippen LogP) is 4.14. The Morgan fingerprint density at radius 3 is 2.12 bits per heavy atom. The molecule has 2 aromatic rings. The Balaban J connectivity index is 2.06. The van der Waals surface area contributed by atoms with Crippen molar-refractivity contribution in [1.29, 1.82) is 0 Å². The van der Waals surface area contributed by atoms with Gasteiger partial charge >= 0.3 is 11.9 Å². The van der Waals surface area contributed by atoms with Crippen LogP contribution in [0.5, 0.6) is 11.5 Å². The van der Waals surface area contributed by atoms with Gasteiger partial charge in [0.1, 0.15) is 11.5 Å². The third-order valence-electron chi connectivity index (χ3n) is 3.37. The minimum absolute atomic E-state index is 0.125. The number of esters is 1. The van der Waals surface area contributed by atoms with Gasteiger partial charge in [-0.3, -0.25) is 0 Å². The Kier molecular flexibility index (Phi) is 5.62. The maximum atomic E-state index is 12.2. The minimum atomic E-state index is -1.04. The van der Waals surface area contributed by atoms with Crippen LogP contribution in [0.15, 0.2) is 40.9 Å². The summed E-state index contributed by atoms with van der Waals surface area (Å²) in [5.74, 6) is -0.681. The third-order valence-corrected chi connectivity index (χ3v) is 3.83. The van der Waals surface area contributed by atoms with Crippen molar-refractivity contribution in [3.63, 3.8) is 0 Å². The number of carbonyl (C=O) groups is 2. The fourth-order valence-corrected chi connectivity index (χ4v) is 2.86. The molecule has 0 aromatic heterocycles. The maximum absolute atomic E-state index is 12.2. The van der Waals surface area contributed by atoms with Crippen LogP contribution >= 0.6 is 15.9 Å². The number of carboxylic acids is 1. The van der Waals surface area contributed by atoms with Crippen molar-refractivity contribution in [1.82, 2.24) is 0 Å². The number of hydrogen-bond acceptors (Lipinski definition) is 4. The molecule has 5 nitrogen and oxygen atoms in total. The van der Waals surface area contributed by atoms with E-state index in [-0.39, 0.29) is 11.3 Å². The highest BCUT2D eigenvalue weighted by molar-refractivity contribution is 9.10. The molecule has 6 heteroatoms. The van der Waals surface area contributed by atoms with Crippen LogP contribution in [0.4, 0.5) is 0 Å². The van der Waals surface area contributed by atoms with Crippen molar-refractivity contribution in [2.75, 3.05) is 0 Å². The van der Waals surface area contributed by atoms with Crippen molar-refractivity contribution in [3.8, 4) is 11.5 Å². The number of hydrogen-bond donors (Lipinski definition) is 1. The Morgan fingerprint density at radius 1 is 1.08 bits per heavy atom. The molecule has 0 heterocycles. The molecule has 0 saturated carbocycles. The van der Waals surface area contributed by atoms with Crippen molar-refractivity contribution < 1.29 is 24.2 Å². The van der Waals surface area contributed by atoms with Gasteiger partial charge in [-0.1, -0.05) is 15.9 Å². The SMILES string of the molecule is Cc1cc(Br)cc(C)c1OC(C)C(=O)Oc1ccc(C(=O)O)cc1. The van der Waals surface area contributed by atoms with E-state index in [4.69, 9.17) is 14.6 Å². The van der Waals surface area contributed by atoms with Gasteiger partial charge < -0.3 is 14.6 Å². The fraction of sp³-hybridized carbons (Fsp3) is 0.222. The molecule has 0 fully saturated rings. The van der Waals surface area contributed by atoms with Gasteiger partial charge in [-0.2, -0.15) is 0 Å². The van der Waals surface area contributed by atoms with Gasteiger partial charge in [0.2, 0.25) is 0 Å². The summed E-state index contributed by atoms with van der Waals surface area (Å²) in [5.41, 5.74) is 1.94. The van der Waals surface area contributed by atoms with Gasteiger partial charge in [0.25, 0.3) is 0 Å². The summed E-state index contributed by atoms with van der Waals surface area (Å²) in [7, 11) is 0. The molecule has 1 atom stereocenters. The lowest BCUT2D eigenvalue weighted by Crippen LogP contribution is -2.29. The number of rotatable bonds is 5. The van der Waals surface area contributed by atoms with Gasteiger partial charge in [0.15, 0.2) is 6.10 Å². The second-order valence-electron chi connectivity index (χ2n) is 5.38. The van der Waals surface area contributed by atoms with Crippen LogP contribution in [0.25, 0.3) is 0 Å². The molecular formula is C18H17BrO5. The number of aromatic carboxylic acids is 1. The highest BCUT2D eigenvalue weighted by atomic mass is 79.9. The minimum Gasteiger partial charge on any atom is -0.478 e. The van der Waals surface area contributed by atoms with E-state index in [2.05, 4.69) is 15.9 Å². The van der Waals surface area contributed by atoms with Crippen LogP contribution in [-0.4, -0.2) is 23.1 Å². The molecule has 126 valence electrons. The van der Waals surface area contributed by atoms with Crippen molar-refractivity contribution in [2.45, 2.75) is 26.9 Å². The van der Waals surface area contributed by atoms with Gasteiger partial charge in [-0.15, -0.1) is 0 Å². The van der Waals surface area contributed by atoms with Crippen LogP contribution < -0.4 is 9.47 Å². The van der Waals surface area contributed by atoms with Gasteiger partial charge in [0.05, 0.1) is 5.56 Å². The first-order valence-corrected chi connectivity index (χ1v) is 8.05. The molecule has 0 aliphatic heterocycles. The highest BCUT2D eigenvalue weighted by Gasteiger charge is 2.19. The molecule has 2 aromatic carbocycles. The van der Waals surface area contributed by atoms with E-state index in [1.54, 1.807) is 6.92 Å². The Hall–Kier alpha value is -2.34. The molecule has 24 heavy (non-hydrogen) atoms. The average Bonchev–Trinajstić information content (AvgIpc) is 2.51. The third kappa shape index (κ3) is 4.35. The zero-order valence-corrected chi connectivity index (χ0v) is 15.1. The van der Waals surface area contributed by atoms with E-state index in [1.807, 2.05) is 26.0 Å². The standard InChI is InChI=1S/C18H17BrO5/c1-10-8-14(19)9-11(2)16(10)23-12(3)18(22)24-15-6-4-13(5-7-15)17(20)21/h4-9,12H,1-3H3,(H,20,21). The predicted molar refractivity (Wildman–Crippen MR) is 92.7 cm³/mol. The topological polar surface area (TPSA) is 72.8 Å². The summed E-state index contributed by atoms with van der Waals surface area (Å²) in [5, 5.41) is 8.85. The number of carboxylic acid groups (broad SMARTS) is 1. The lowest BCUT2D eigenvalue weighted by molar-refractivity contribution is -0.141. The second kappa shape index (κ2) is 7.49. The van der Waals surface area contributed by atoms with Crippen LogP contribution in [0.3, 0.4) is 0 Å². The van der Waals surface area contributed by atoms with E-state index in [1.165, 1.54) is 24.3 Å². The molecule has 0 radical (unpaired) electrons. The molecule has 0 aliphatic carbocycles. The maximum Gasteiger partial charge on any atom is 0.352 e. The van der Waals surface area contributed by atoms with Gasteiger partial charge in [0, 0.05) is 4.47 Å². The molecule has 0 amide bonds. The number of halogens is 1. The van der Waals surface area contributed by atoms with Crippen LogP contribution in [-0.2, 0) is 4.79 Å². The Morgan fingerprint density at radius 2 is 1.62 bits per heavy atom. The fourth-order valence-electron chi connectivity index (χ4n) is 2.17.